The van der Waals surface area contributed by atoms with Crippen LogP contribution < -0.4 is 0 Å². The smallest absolute Gasteiger partial charge is 0.205 e. The minimum atomic E-state index is -0.360. The average Bonchev–Trinajstić information content (AvgIpc) is 2.08. The zero-order chi connectivity index (χ0) is 8.74. The molecule has 0 atom stereocenters. The van der Waals surface area contributed by atoms with Crippen molar-refractivity contribution in [3.05, 3.63) is 0 Å². The first-order chi connectivity index (χ1) is 5.24. The Morgan fingerprint density at radius 1 is 1.36 bits per heavy atom. The predicted molar refractivity (Wildman–Crippen MR) is 44.0 cm³/mol. The number of hydrogen-bond donors (Lipinski definition) is 0. The molecule has 0 aromatic rings. The molecule has 2 nitrogen and oxygen atoms in total. The Kier molecular flexibility index (Phi) is 4.75. The minimum absolute atomic E-state index is 0.360. The topological polar surface area (TPSA) is 34.1 Å². The Morgan fingerprint density at radius 2 is 1.91 bits per heavy atom. The molecule has 0 amide bonds. The molecule has 11 heavy (non-hydrogen) atoms. The lowest BCUT2D eigenvalue weighted by Gasteiger charge is -2.22. The second kappa shape index (κ2) is 5.05. The van der Waals surface area contributed by atoms with Crippen molar-refractivity contribution in [3.8, 4) is 0 Å². The Balaban J connectivity index is 4.04. The molecule has 0 unspecified atom stereocenters. The summed E-state index contributed by atoms with van der Waals surface area (Å²) in [5, 5.41) is 0. The van der Waals surface area contributed by atoms with E-state index < -0.39 is 0 Å². The highest BCUT2D eigenvalue weighted by atomic mass is 16.1. The van der Waals surface area contributed by atoms with Crippen molar-refractivity contribution in [2.45, 2.75) is 39.5 Å². The maximum absolute atomic E-state index is 10.6. The number of carbonyl (C=O) groups excluding carboxylic acids is 2. The van der Waals surface area contributed by atoms with Crippen LogP contribution in [0.3, 0.4) is 0 Å². The van der Waals surface area contributed by atoms with Crippen LogP contribution in [-0.2, 0) is 9.59 Å². The first-order valence-corrected chi connectivity index (χ1v) is 4.07. The van der Waals surface area contributed by atoms with E-state index >= 15 is 0 Å². The highest BCUT2D eigenvalue weighted by molar-refractivity contribution is 5.61. The van der Waals surface area contributed by atoms with Crippen LogP contribution in [0.4, 0.5) is 0 Å². The van der Waals surface area contributed by atoms with Gasteiger partial charge in [0, 0.05) is 11.8 Å². The third kappa shape index (κ3) is 2.83. The molecule has 0 heterocycles. The van der Waals surface area contributed by atoms with Gasteiger partial charge in [-0.15, -0.1) is 0 Å². The van der Waals surface area contributed by atoms with Gasteiger partial charge in [-0.05, 0) is 19.3 Å². The molecule has 1 radical (unpaired) electrons. The summed E-state index contributed by atoms with van der Waals surface area (Å²) in [6.45, 7) is 3.92. The molecule has 2 heteroatoms. The van der Waals surface area contributed by atoms with Gasteiger partial charge in [0.05, 0.1) is 0 Å². The van der Waals surface area contributed by atoms with Crippen LogP contribution in [0.1, 0.15) is 39.5 Å². The summed E-state index contributed by atoms with van der Waals surface area (Å²) in [7, 11) is 0. The standard InChI is InChI=1S/C9H15O2/c1-3-9(4-2,8-11)6-5-7-10/h7H,3-6H2,1-2H3. The Hall–Kier alpha value is -0.660. The van der Waals surface area contributed by atoms with E-state index in [0.29, 0.717) is 12.8 Å². The third-order valence-corrected chi connectivity index (χ3v) is 2.31. The molecule has 0 spiro atoms. The van der Waals surface area contributed by atoms with E-state index in [9.17, 15) is 9.59 Å². The van der Waals surface area contributed by atoms with Crippen molar-refractivity contribution in [1.29, 1.82) is 0 Å². The van der Waals surface area contributed by atoms with Crippen LogP contribution >= 0.6 is 0 Å². The highest BCUT2D eigenvalue weighted by Gasteiger charge is 2.25. The second-order valence-corrected chi connectivity index (χ2v) is 2.79. The van der Waals surface area contributed by atoms with E-state index in [2.05, 4.69) is 0 Å². The van der Waals surface area contributed by atoms with Crippen molar-refractivity contribution < 1.29 is 9.59 Å². The largest absolute Gasteiger partial charge is 0.303 e. The molecular formula is C9H15O2. The summed E-state index contributed by atoms with van der Waals surface area (Å²) < 4.78 is 0. The monoisotopic (exact) mass is 155 g/mol. The zero-order valence-corrected chi connectivity index (χ0v) is 7.22. The summed E-state index contributed by atoms with van der Waals surface area (Å²) in [5.41, 5.74) is -0.360. The Bertz CT molecular complexity index is 126. The molecular weight excluding hydrogens is 140 g/mol. The van der Waals surface area contributed by atoms with Crippen LogP contribution in [-0.4, -0.2) is 12.6 Å². The summed E-state index contributed by atoms with van der Waals surface area (Å²) in [4.78, 5) is 20.6. The lowest BCUT2D eigenvalue weighted by molar-refractivity contribution is -0.108. The molecule has 0 aliphatic carbocycles. The van der Waals surface area contributed by atoms with E-state index in [-0.39, 0.29) is 5.41 Å². The third-order valence-electron chi connectivity index (χ3n) is 2.31. The molecule has 0 fully saturated rings. The molecule has 0 aliphatic heterocycles. The van der Waals surface area contributed by atoms with Gasteiger partial charge in [0.2, 0.25) is 6.29 Å². The first-order valence-electron chi connectivity index (χ1n) is 4.07. The van der Waals surface area contributed by atoms with Gasteiger partial charge in [-0.2, -0.15) is 0 Å². The van der Waals surface area contributed by atoms with Crippen LogP contribution in [0, 0.1) is 5.41 Å². The fourth-order valence-corrected chi connectivity index (χ4v) is 1.13. The second-order valence-electron chi connectivity index (χ2n) is 2.79. The number of hydrogen-bond acceptors (Lipinski definition) is 2. The van der Waals surface area contributed by atoms with E-state index in [0.717, 1.165) is 19.1 Å². The summed E-state index contributed by atoms with van der Waals surface area (Å²) in [6, 6.07) is 0. The summed E-state index contributed by atoms with van der Waals surface area (Å²) in [5.74, 6) is 0. The maximum Gasteiger partial charge on any atom is 0.205 e. The van der Waals surface area contributed by atoms with Crippen molar-refractivity contribution in [2.24, 2.45) is 5.41 Å². The molecule has 0 aromatic heterocycles. The molecule has 63 valence electrons. The SMILES string of the molecule is CCC([C]=O)(CC)CCC=O. The van der Waals surface area contributed by atoms with Crippen LogP contribution in [0.5, 0.6) is 0 Å². The van der Waals surface area contributed by atoms with Gasteiger partial charge < -0.3 is 4.79 Å². The fraction of sp³-hybridized carbons (Fsp3) is 0.778. The normalized spacial score (nSPS) is 11.1. The van der Waals surface area contributed by atoms with Crippen LogP contribution in [0.15, 0.2) is 0 Å². The van der Waals surface area contributed by atoms with Gasteiger partial charge in [0.15, 0.2) is 0 Å². The number of rotatable bonds is 6. The summed E-state index contributed by atoms with van der Waals surface area (Å²) >= 11 is 0. The van der Waals surface area contributed by atoms with E-state index in [1.54, 1.807) is 0 Å². The molecule has 0 saturated heterocycles. The van der Waals surface area contributed by atoms with Gasteiger partial charge in [-0.3, -0.25) is 4.79 Å². The fourth-order valence-electron chi connectivity index (χ4n) is 1.13. The van der Waals surface area contributed by atoms with E-state index in [4.69, 9.17) is 0 Å². The molecule has 0 aromatic carbocycles. The highest BCUT2D eigenvalue weighted by Crippen LogP contribution is 2.28. The van der Waals surface area contributed by atoms with Gasteiger partial charge in [-0.25, -0.2) is 0 Å². The lowest BCUT2D eigenvalue weighted by atomic mass is 9.80. The maximum atomic E-state index is 10.6. The van der Waals surface area contributed by atoms with Crippen molar-refractivity contribution in [2.75, 3.05) is 0 Å². The molecule has 0 saturated carbocycles. The quantitative estimate of drug-likeness (QED) is 0.549. The van der Waals surface area contributed by atoms with Gasteiger partial charge in [0.1, 0.15) is 6.29 Å². The summed E-state index contributed by atoms with van der Waals surface area (Å²) in [6.07, 6.45) is 5.57. The molecule has 0 aliphatic rings. The van der Waals surface area contributed by atoms with Gasteiger partial charge in [-0.1, -0.05) is 13.8 Å². The zero-order valence-electron chi connectivity index (χ0n) is 7.22. The van der Waals surface area contributed by atoms with Gasteiger partial charge in [0.25, 0.3) is 0 Å². The van der Waals surface area contributed by atoms with Crippen molar-refractivity contribution in [3.63, 3.8) is 0 Å². The molecule has 0 N–H and O–H groups in total. The molecule has 0 rings (SSSR count). The van der Waals surface area contributed by atoms with Crippen LogP contribution in [0.2, 0.25) is 0 Å². The number of aldehydes is 1. The minimum Gasteiger partial charge on any atom is -0.303 e. The predicted octanol–water partition coefficient (Wildman–Crippen LogP) is 1.88. The number of carbonyl (C=O) groups is 1. The van der Waals surface area contributed by atoms with Crippen LogP contribution in [0.25, 0.3) is 0 Å². The van der Waals surface area contributed by atoms with Crippen molar-refractivity contribution in [1.82, 2.24) is 0 Å². The molecule has 0 bridgehead atoms. The van der Waals surface area contributed by atoms with E-state index in [1.807, 2.05) is 20.1 Å². The Labute approximate surface area is 68.0 Å². The van der Waals surface area contributed by atoms with E-state index in [1.165, 1.54) is 0 Å². The van der Waals surface area contributed by atoms with Gasteiger partial charge >= 0.3 is 0 Å². The Morgan fingerprint density at radius 3 is 2.18 bits per heavy atom. The lowest BCUT2D eigenvalue weighted by Crippen LogP contribution is -2.20. The van der Waals surface area contributed by atoms with Crippen molar-refractivity contribution >= 4 is 12.6 Å². The average molecular weight is 155 g/mol. The first kappa shape index (κ1) is 10.3.